The number of pyridine rings is 1. The summed E-state index contributed by atoms with van der Waals surface area (Å²) < 4.78 is 0. The number of carbonyl (C=O) groups excluding carboxylic acids is 1. The Morgan fingerprint density at radius 2 is 2.11 bits per heavy atom. The topological polar surface area (TPSA) is 54.0 Å². The van der Waals surface area contributed by atoms with Crippen LogP contribution in [-0.2, 0) is 0 Å². The number of hydrogen-bond donors (Lipinski definition) is 2. The molecule has 4 heteroatoms. The van der Waals surface area contributed by atoms with Crippen LogP contribution in [0.3, 0.4) is 0 Å². The minimum Gasteiger partial charge on any atom is -0.387 e. The van der Waals surface area contributed by atoms with Crippen LogP contribution in [-0.4, -0.2) is 24.0 Å². The van der Waals surface area contributed by atoms with Gasteiger partial charge in [-0.3, -0.25) is 4.79 Å². The molecule has 1 amide bonds. The molecule has 1 aromatic rings. The molecule has 0 aliphatic carbocycles. The molecule has 4 nitrogen and oxygen atoms in total. The molecule has 0 aliphatic rings. The normalized spacial score (nSPS) is 11.9. The van der Waals surface area contributed by atoms with E-state index in [1.807, 2.05) is 20.0 Å². The quantitative estimate of drug-likeness (QED) is 0.708. The maximum absolute atomic E-state index is 11.9. The number of amides is 1. The van der Waals surface area contributed by atoms with Crippen molar-refractivity contribution in [3.8, 4) is 0 Å². The highest BCUT2D eigenvalue weighted by Gasteiger charge is 2.10. The maximum Gasteiger partial charge on any atom is 0.270 e. The lowest BCUT2D eigenvalue weighted by Gasteiger charge is -2.13. The van der Waals surface area contributed by atoms with Crippen molar-refractivity contribution in [1.29, 1.82) is 0 Å². The molecule has 0 saturated carbocycles. The fraction of sp³-hybridized carbons (Fsp3) is 0.600. The van der Waals surface area contributed by atoms with E-state index in [0.717, 1.165) is 12.1 Å². The summed E-state index contributed by atoms with van der Waals surface area (Å²) in [6, 6.07) is 3.80. The first-order valence-electron chi connectivity index (χ1n) is 7.12. The van der Waals surface area contributed by atoms with E-state index in [1.165, 1.54) is 25.7 Å². The Morgan fingerprint density at radius 1 is 1.32 bits per heavy atom. The highest BCUT2D eigenvalue weighted by Crippen LogP contribution is 2.07. The molecule has 2 N–H and O–H groups in total. The van der Waals surface area contributed by atoms with Gasteiger partial charge in [-0.15, -0.1) is 0 Å². The number of unbranched alkanes of at least 4 members (excludes halogenated alkanes) is 3. The molecule has 0 fully saturated rings. The molecule has 1 heterocycles. The number of nitrogens with one attached hydrogen (secondary N) is 2. The maximum atomic E-state index is 11.9. The lowest BCUT2D eigenvalue weighted by Crippen LogP contribution is -2.33. The Hall–Kier alpha value is -1.58. The van der Waals surface area contributed by atoms with Crippen LogP contribution in [0.5, 0.6) is 0 Å². The van der Waals surface area contributed by atoms with Crippen molar-refractivity contribution in [2.45, 2.75) is 52.0 Å². The van der Waals surface area contributed by atoms with Gasteiger partial charge in [-0.1, -0.05) is 32.6 Å². The molecule has 1 atom stereocenters. The van der Waals surface area contributed by atoms with Gasteiger partial charge in [0.05, 0.1) is 11.9 Å². The van der Waals surface area contributed by atoms with E-state index in [-0.39, 0.29) is 11.9 Å². The molecule has 1 aromatic heterocycles. The van der Waals surface area contributed by atoms with E-state index in [9.17, 15) is 4.79 Å². The Balaban J connectivity index is 2.36. The third-order valence-electron chi connectivity index (χ3n) is 3.15. The second kappa shape index (κ2) is 8.51. The highest BCUT2D eigenvalue weighted by molar-refractivity contribution is 5.92. The summed E-state index contributed by atoms with van der Waals surface area (Å²) in [5, 5.41) is 5.97. The summed E-state index contributed by atoms with van der Waals surface area (Å²) in [5.41, 5.74) is 1.38. The van der Waals surface area contributed by atoms with Crippen LogP contribution in [0.1, 0.15) is 56.4 Å². The number of anilines is 1. The van der Waals surface area contributed by atoms with Gasteiger partial charge in [0.25, 0.3) is 5.91 Å². The summed E-state index contributed by atoms with van der Waals surface area (Å²) in [7, 11) is 1.83. The van der Waals surface area contributed by atoms with Gasteiger partial charge < -0.3 is 10.6 Å². The average Bonchev–Trinajstić information content (AvgIpc) is 2.43. The minimum absolute atomic E-state index is 0.0920. The van der Waals surface area contributed by atoms with Crippen molar-refractivity contribution in [2.75, 3.05) is 12.4 Å². The SMILES string of the molecule is CCCCCCC(C)NC(=O)c1ccc(NC)cn1. The standard InChI is InChI=1S/C15H25N3O/c1-4-5-6-7-8-12(2)18-15(19)14-10-9-13(16-3)11-17-14/h9-12,16H,4-8H2,1-3H3,(H,18,19). The Labute approximate surface area is 116 Å². The predicted molar refractivity (Wildman–Crippen MR) is 79.5 cm³/mol. The van der Waals surface area contributed by atoms with E-state index in [0.29, 0.717) is 5.69 Å². The molecule has 0 aliphatic heterocycles. The van der Waals surface area contributed by atoms with Gasteiger partial charge in [-0.2, -0.15) is 0 Å². The van der Waals surface area contributed by atoms with Gasteiger partial charge in [0, 0.05) is 13.1 Å². The molecule has 0 aromatic carbocycles. The van der Waals surface area contributed by atoms with Gasteiger partial charge >= 0.3 is 0 Å². The van der Waals surface area contributed by atoms with Crippen LogP contribution in [0, 0.1) is 0 Å². The second-order valence-corrected chi connectivity index (χ2v) is 4.91. The molecule has 1 unspecified atom stereocenters. The molecule has 0 radical (unpaired) electrons. The van der Waals surface area contributed by atoms with Crippen LogP contribution < -0.4 is 10.6 Å². The van der Waals surface area contributed by atoms with Gasteiger partial charge in [0.1, 0.15) is 5.69 Å². The molecule has 0 bridgehead atoms. The third-order valence-corrected chi connectivity index (χ3v) is 3.15. The lowest BCUT2D eigenvalue weighted by atomic mass is 10.1. The second-order valence-electron chi connectivity index (χ2n) is 4.91. The first-order chi connectivity index (χ1) is 9.17. The van der Waals surface area contributed by atoms with Crippen LogP contribution in [0.4, 0.5) is 5.69 Å². The number of nitrogens with zero attached hydrogens (tertiary/aromatic N) is 1. The number of hydrogen-bond acceptors (Lipinski definition) is 3. The third kappa shape index (κ3) is 5.73. The van der Waals surface area contributed by atoms with Crippen LogP contribution >= 0.6 is 0 Å². The lowest BCUT2D eigenvalue weighted by molar-refractivity contribution is 0.0933. The number of rotatable bonds is 8. The van der Waals surface area contributed by atoms with Crippen molar-refractivity contribution < 1.29 is 4.79 Å². The summed E-state index contributed by atoms with van der Waals surface area (Å²) in [5.74, 6) is -0.0920. The van der Waals surface area contributed by atoms with Gasteiger partial charge in [0.2, 0.25) is 0 Å². The summed E-state index contributed by atoms with van der Waals surface area (Å²) in [4.78, 5) is 16.1. The number of aromatic nitrogens is 1. The van der Waals surface area contributed by atoms with Crippen molar-refractivity contribution >= 4 is 11.6 Å². The first-order valence-corrected chi connectivity index (χ1v) is 7.12. The number of carbonyl (C=O) groups is 1. The fourth-order valence-electron chi connectivity index (χ4n) is 1.92. The molecular formula is C15H25N3O. The van der Waals surface area contributed by atoms with Crippen molar-refractivity contribution in [1.82, 2.24) is 10.3 Å². The average molecular weight is 263 g/mol. The van der Waals surface area contributed by atoms with Crippen LogP contribution in [0.15, 0.2) is 18.3 Å². The van der Waals surface area contributed by atoms with E-state index in [1.54, 1.807) is 12.3 Å². The zero-order valence-corrected chi connectivity index (χ0v) is 12.2. The van der Waals surface area contributed by atoms with Gasteiger partial charge in [0.15, 0.2) is 0 Å². The van der Waals surface area contributed by atoms with Crippen LogP contribution in [0.2, 0.25) is 0 Å². The summed E-state index contributed by atoms with van der Waals surface area (Å²) >= 11 is 0. The van der Waals surface area contributed by atoms with E-state index in [4.69, 9.17) is 0 Å². The highest BCUT2D eigenvalue weighted by atomic mass is 16.1. The van der Waals surface area contributed by atoms with Gasteiger partial charge in [-0.05, 0) is 25.5 Å². The molecule has 0 saturated heterocycles. The summed E-state index contributed by atoms with van der Waals surface area (Å²) in [6.07, 6.45) is 7.62. The monoisotopic (exact) mass is 263 g/mol. The molecule has 19 heavy (non-hydrogen) atoms. The van der Waals surface area contributed by atoms with Crippen molar-refractivity contribution in [3.05, 3.63) is 24.0 Å². The zero-order valence-electron chi connectivity index (χ0n) is 12.2. The van der Waals surface area contributed by atoms with Crippen LogP contribution in [0.25, 0.3) is 0 Å². The molecule has 0 spiro atoms. The summed E-state index contributed by atoms with van der Waals surface area (Å²) in [6.45, 7) is 4.25. The minimum atomic E-state index is -0.0920. The van der Waals surface area contributed by atoms with Crippen molar-refractivity contribution in [2.24, 2.45) is 0 Å². The first kappa shape index (κ1) is 15.5. The molecule has 1 rings (SSSR count). The Kier molecular flexibility index (Phi) is 6.93. The Morgan fingerprint density at radius 3 is 2.68 bits per heavy atom. The zero-order chi connectivity index (χ0) is 14.1. The van der Waals surface area contributed by atoms with E-state index >= 15 is 0 Å². The van der Waals surface area contributed by atoms with E-state index < -0.39 is 0 Å². The smallest absolute Gasteiger partial charge is 0.270 e. The van der Waals surface area contributed by atoms with E-state index in [2.05, 4.69) is 22.5 Å². The fourth-order valence-corrected chi connectivity index (χ4v) is 1.92. The Bertz CT molecular complexity index is 375. The molecular weight excluding hydrogens is 238 g/mol. The largest absolute Gasteiger partial charge is 0.387 e. The van der Waals surface area contributed by atoms with Crippen molar-refractivity contribution in [3.63, 3.8) is 0 Å². The molecule has 106 valence electrons. The predicted octanol–water partition coefficient (Wildman–Crippen LogP) is 3.21. The van der Waals surface area contributed by atoms with Gasteiger partial charge in [-0.25, -0.2) is 4.98 Å².